The molecule has 1 fully saturated rings. The van der Waals surface area contributed by atoms with Crippen molar-refractivity contribution in [2.24, 2.45) is 0 Å². The van der Waals surface area contributed by atoms with Crippen molar-refractivity contribution in [1.82, 2.24) is 15.1 Å². The number of amides is 2. The molecule has 1 unspecified atom stereocenters. The Labute approximate surface area is 151 Å². The molecule has 1 atom stereocenters. The van der Waals surface area contributed by atoms with Crippen molar-refractivity contribution in [2.75, 3.05) is 11.9 Å². The maximum absolute atomic E-state index is 12.8. The molecule has 0 aliphatic carbocycles. The summed E-state index contributed by atoms with van der Waals surface area (Å²) in [5, 5.41) is 9.38. The van der Waals surface area contributed by atoms with E-state index in [9.17, 15) is 14.4 Å². The number of hydrogen-bond donors (Lipinski definition) is 2. The first-order chi connectivity index (χ1) is 12.5. The number of hydrogen-bond acceptors (Lipinski definition) is 4. The fourth-order valence-corrected chi connectivity index (χ4v) is 3.22. The van der Waals surface area contributed by atoms with Gasteiger partial charge in [0.2, 0.25) is 11.8 Å². The average Bonchev–Trinajstić information content (AvgIpc) is 2.64. The maximum Gasteiger partial charge on any atom is 0.264 e. The number of H-pyrrole nitrogens is 1. The highest BCUT2D eigenvalue weighted by Gasteiger charge is 2.30. The molecule has 26 heavy (non-hydrogen) atoms. The van der Waals surface area contributed by atoms with Gasteiger partial charge in [0.05, 0.1) is 5.69 Å². The molecule has 0 radical (unpaired) electrons. The first kappa shape index (κ1) is 17.8. The number of likely N-dealkylation sites (tertiary alicyclic amines) is 1. The molecule has 1 aliphatic rings. The molecule has 2 aromatic rings. The van der Waals surface area contributed by atoms with Gasteiger partial charge in [0.15, 0.2) is 0 Å². The van der Waals surface area contributed by atoms with Crippen molar-refractivity contribution in [3.8, 4) is 11.3 Å². The Morgan fingerprint density at radius 3 is 2.73 bits per heavy atom. The fraction of sp³-hybridized carbons (Fsp3) is 0.368. The number of aromatic nitrogens is 2. The predicted molar refractivity (Wildman–Crippen MR) is 98.7 cm³/mol. The highest BCUT2D eigenvalue weighted by atomic mass is 16.2. The van der Waals surface area contributed by atoms with Gasteiger partial charge < -0.3 is 10.2 Å². The van der Waals surface area contributed by atoms with Crippen LogP contribution in [0.25, 0.3) is 11.3 Å². The number of aryl methyl sites for hydroxylation is 1. The zero-order chi connectivity index (χ0) is 18.7. The molecule has 2 amide bonds. The van der Waals surface area contributed by atoms with E-state index in [1.165, 1.54) is 13.0 Å². The first-order valence-electron chi connectivity index (χ1n) is 8.70. The smallest absolute Gasteiger partial charge is 0.264 e. The summed E-state index contributed by atoms with van der Waals surface area (Å²) in [5.41, 5.74) is 2.72. The molecule has 136 valence electrons. The minimum Gasteiger partial charge on any atom is -0.331 e. The Hall–Kier alpha value is -2.96. The van der Waals surface area contributed by atoms with E-state index in [-0.39, 0.29) is 17.4 Å². The quantitative estimate of drug-likeness (QED) is 0.882. The summed E-state index contributed by atoms with van der Waals surface area (Å²) in [4.78, 5) is 37.4. The van der Waals surface area contributed by atoms with Crippen LogP contribution in [0, 0.1) is 6.92 Å². The molecule has 2 heterocycles. The van der Waals surface area contributed by atoms with Crippen LogP contribution in [0.4, 0.5) is 5.69 Å². The van der Waals surface area contributed by atoms with Crippen LogP contribution >= 0.6 is 0 Å². The van der Waals surface area contributed by atoms with E-state index in [1.54, 1.807) is 11.0 Å². The molecule has 7 nitrogen and oxygen atoms in total. The van der Waals surface area contributed by atoms with Crippen LogP contribution < -0.4 is 10.9 Å². The molecule has 1 aromatic heterocycles. The van der Waals surface area contributed by atoms with Crippen molar-refractivity contribution in [2.45, 2.75) is 39.2 Å². The number of nitrogens with one attached hydrogen (secondary N) is 2. The third-order valence-corrected chi connectivity index (χ3v) is 4.68. The normalized spacial score (nSPS) is 17.0. The maximum atomic E-state index is 12.8. The van der Waals surface area contributed by atoms with E-state index in [2.05, 4.69) is 15.5 Å². The summed E-state index contributed by atoms with van der Waals surface area (Å²) in [6.45, 7) is 4.02. The van der Waals surface area contributed by atoms with Gasteiger partial charge in [-0.25, -0.2) is 5.10 Å². The van der Waals surface area contributed by atoms with Gasteiger partial charge in [-0.2, -0.15) is 5.10 Å². The van der Waals surface area contributed by atoms with Crippen molar-refractivity contribution < 1.29 is 9.59 Å². The Morgan fingerprint density at radius 1 is 1.23 bits per heavy atom. The monoisotopic (exact) mass is 354 g/mol. The van der Waals surface area contributed by atoms with Gasteiger partial charge in [0.25, 0.3) is 5.56 Å². The van der Waals surface area contributed by atoms with Crippen molar-refractivity contribution in [1.29, 1.82) is 0 Å². The Kier molecular flexibility index (Phi) is 5.16. The van der Waals surface area contributed by atoms with E-state index < -0.39 is 6.04 Å². The number of aromatic amines is 1. The zero-order valence-corrected chi connectivity index (χ0v) is 14.9. The average molecular weight is 354 g/mol. The number of carbonyl (C=O) groups is 2. The largest absolute Gasteiger partial charge is 0.331 e. The van der Waals surface area contributed by atoms with E-state index >= 15 is 0 Å². The summed E-state index contributed by atoms with van der Waals surface area (Å²) in [7, 11) is 0. The summed E-state index contributed by atoms with van der Waals surface area (Å²) in [6.07, 6.45) is 2.53. The number of piperidine rings is 1. The van der Waals surface area contributed by atoms with Crippen molar-refractivity contribution >= 4 is 17.5 Å². The molecule has 0 saturated carbocycles. The molecule has 2 N–H and O–H groups in total. The van der Waals surface area contributed by atoms with E-state index in [0.29, 0.717) is 24.3 Å². The van der Waals surface area contributed by atoms with Crippen LogP contribution in [0.1, 0.15) is 31.7 Å². The van der Waals surface area contributed by atoms with Gasteiger partial charge in [-0.1, -0.05) is 12.1 Å². The summed E-state index contributed by atoms with van der Waals surface area (Å²) >= 11 is 0. The Morgan fingerprint density at radius 2 is 2.04 bits per heavy atom. The van der Waals surface area contributed by atoms with Gasteiger partial charge in [-0.05, 0) is 43.9 Å². The lowest BCUT2D eigenvalue weighted by molar-refractivity contribution is -0.138. The standard InChI is InChI=1S/C19H22N4O3/c1-12-6-7-14(15-8-9-18(25)22-21-15)11-16(12)20-19(26)17-5-3-4-10-23(17)13(2)24/h6-9,11,17H,3-5,10H2,1-2H3,(H,20,26)(H,22,25). The lowest BCUT2D eigenvalue weighted by atomic mass is 10.0. The second-order valence-corrected chi connectivity index (χ2v) is 6.55. The molecule has 3 rings (SSSR count). The van der Waals surface area contributed by atoms with Gasteiger partial charge >= 0.3 is 0 Å². The van der Waals surface area contributed by atoms with Gasteiger partial charge in [0, 0.05) is 30.8 Å². The molecule has 1 aliphatic heterocycles. The number of anilines is 1. The lowest BCUT2D eigenvalue weighted by Gasteiger charge is -2.34. The van der Waals surface area contributed by atoms with E-state index in [0.717, 1.165) is 24.0 Å². The van der Waals surface area contributed by atoms with Crippen LogP contribution in [-0.2, 0) is 9.59 Å². The van der Waals surface area contributed by atoms with Gasteiger partial charge in [-0.15, -0.1) is 0 Å². The minimum atomic E-state index is -0.435. The molecule has 0 bridgehead atoms. The molecular formula is C19H22N4O3. The molecule has 0 spiro atoms. The number of rotatable bonds is 3. The van der Waals surface area contributed by atoms with E-state index in [1.807, 2.05) is 25.1 Å². The minimum absolute atomic E-state index is 0.0761. The molecule has 7 heteroatoms. The summed E-state index contributed by atoms with van der Waals surface area (Å²) in [5.74, 6) is -0.248. The number of carbonyl (C=O) groups excluding carboxylic acids is 2. The van der Waals surface area contributed by atoms with Crippen LogP contribution in [0.5, 0.6) is 0 Å². The van der Waals surface area contributed by atoms with Crippen molar-refractivity contribution in [3.05, 3.63) is 46.2 Å². The molecular weight excluding hydrogens is 332 g/mol. The topological polar surface area (TPSA) is 95.2 Å². The highest BCUT2D eigenvalue weighted by molar-refractivity contribution is 5.98. The Balaban J connectivity index is 1.83. The van der Waals surface area contributed by atoms with Crippen LogP contribution in [-0.4, -0.2) is 39.5 Å². The lowest BCUT2D eigenvalue weighted by Crippen LogP contribution is -2.49. The van der Waals surface area contributed by atoms with E-state index in [4.69, 9.17) is 0 Å². The number of benzene rings is 1. The Bertz CT molecular complexity index is 870. The second kappa shape index (κ2) is 7.51. The first-order valence-corrected chi connectivity index (χ1v) is 8.70. The van der Waals surface area contributed by atoms with Crippen LogP contribution in [0.3, 0.4) is 0 Å². The van der Waals surface area contributed by atoms with Gasteiger partial charge in [0.1, 0.15) is 6.04 Å². The van der Waals surface area contributed by atoms with Crippen LogP contribution in [0.15, 0.2) is 35.1 Å². The predicted octanol–water partition coefficient (Wildman–Crippen LogP) is 2.08. The second-order valence-electron chi connectivity index (χ2n) is 6.55. The zero-order valence-electron chi connectivity index (χ0n) is 14.9. The number of nitrogens with zero attached hydrogens (tertiary/aromatic N) is 2. The highest BCUT2D eigenvalue weighted by Crippen LogP contribution is 2.25. The SMILES string of the molecule is CC(=O)N1CCCCC1C(=O)Nc1cc(-c2ccc(=O)[nH]n2)ccc1C. The summed E-state index contributed by atoms with van der Waals surface area (Å²) < 4.78 is 0. The van der Waals surface area contributed by atoms with Gasteiger partial charge in [-0.3, -0.25) is 14.4 Å². The third-order valence-electron chi connectivity index (χ3n) is 4.68. The van der Waals surface area contributed by atoms with Crippen molar-refractivity contribution in [3.63, 3.8) is 0 Å². The fourth-order valence-electron chi connectivity index (χ4n) is 3.22. The molecule has 1 aromatic carbocycles. The molecule has 1 saturated heterocycles. The summed E-state index contributed by atoms with van der Waals surface area (Å²) in [6, 6.07) is 8.21. The van der Waals surface area contributed by atoms with Crippen LogP contribution in [0.2, 0.25) is 0 Å². The third kappa shape index (κ3) is 3.82.